The van der Waals surface area contributed by atoms with E-state index in [0.717, 1.165) is 18.4 Å². The fraction of sp³-hybridized carbons (Fsp3) is 0.250. The minimum absolute atomic E-state index is 0.137. The third kappa shape index (κ3) is 3.47. The molecular weight excluding hydrogens is 335 g/mol. The maximum absolute atomic E-state index is 13.5. The van der Waals surface area contributed by atoms with Gasteiger partial charge in [0.1, 0.15) is 5.82 Å². The van der Waals surface area contributed by atoms with Crippen molar-refractivity contribution in [3.8, 4) is 0 Å². The Bertz CT molecular complexity index is 638. The van der Waals surface area contributed by atoms with E-state index in [0.29, 0.717) is 16.6 Å². The summed E-state index contributed by atoms with van der Waals surface area (Å²) in [5.74, 6) is -0.550. The number of carbonyl (C=O) groups excluding carboxylic acids is 1. The Morgan fingerprint density at radius 1 is 1.38 bits per heavy atom. The summed E-state index contributed by atoms with van der Waals surface area (Å²) in [7, 11) is 0. The molecule has 1 heterocycles. The van der Waals surface area contributed by atoms with Crippen LogP contribution < -0.4 is 0 Å². The highest BCUT2D eigenvalue weighted by Crippen LogP contribution is 2.30. The van der Waals surface area contributed by atoms with Crippen molar-refractivity contribution >= 4 is 21.8 Å². The van der Waals surface area contributed by atoms with Crippen LogP contribution in [0.25, 0.3) is 0 Å². The van der Waals surface area contributed by atoms with Crippen LogP contribution in [-0.4, -0.2) is 21.8 Å². The molecule has 0 spiro atoms. The van der Waals surface area contributed by atoms with Gasteiger partial charge in [-0.15, -0.1) is 0 Å². The minimum atomic E-state index is -0.412. The lowest BCUT2D eigenvalue weighted by molar-refractivity contribution is 0.0729. The molecule has 0 saturated heterocycles. The molecule has 0 aliphatic heterocycles. The van der Waals surface area contributed by atoms with Crippen molar-refractivity contribution in [2.45, 2.75) is 25.4 Å². The number of aromatic nitrogens is 1. The summed E-state index contributed by atoms with van der Waals surface area (Å²) >= 11 is 3.23. The van der Waals surface area contributed by atoms with Gasteiger partial charge in [0.15, 0.2) is 0 Å². The van der Waals surface area contributed by atoms with Crippen LogP contribution in [0.3, 0.4) is 0 Å². The molecule has 1 fully saturated rings. The molecule has 3 nitrogen and oxygen atoms in total. The summed E-state index contributed by atoms with van der Waals surface area (Å²) in [6.07, 6.45) is 5.46. The first-order chi connectivity index (χ1) is 10.1. The third-order valence-corrected chi connectivity index (χ3v) is 3.89. The summed E-state index contributed by atoms with van der Waals surface area (Å²) in [5.41, 5.74) is 1.35. The normalized spacial score (nSPS) is 14.0. The SMILES string of the molecule is O=C(c1cc(F)cc(Br)c1)N(Cc1cccnc1)C1CC1. The number of rotatable bonds is 4. The Balaban J connectivity index is 1.85. The summed E-state index contributed by atoms with van der Waals surface area (Å²) < 4.78 is 14.1. The van der Waals surface area contributed by atoms with Crippen molar-refractivity contribution in [2.24, 2.45) is 0 Å². The first-order valence-electron chi connectivity index (χ1n) is 6.79. The average Bonchev–Trinajstić information content (AvgIpc) is 3.29. The van der Waals surface area contributed by atoms with Crippen LogP contribution in [0.2, 0.25) is 0 Å². The van der Waals surface area contributed by atoms with E-state index in [-0.39, 0.29) is 11.9 Å². The molecule has 1 aromatic heterocycles. The summed E-state index contributed by atoms with van der Waals surface area (Å²) in [6.45, 7) is 0.505. The third-order valence-electron chi connectivity index (χ3n) is 3.43. The number of hydrogen-bond donors (Lipinski definition) is 0. The minimum Gasteiger partial charge on any atom is -0.331 e. The highest BCUT2D eigenvalue weighted by atomic mass is 79.9. The Kier molecular flexibility index (Phi) is 4.01. The summed E-state index contributed by atoms with van der Waals surface area (Å²) in [4.78, 5) is 18.5. The molecule has 5 heteroatoms. The zero-order chi connectivity index (χ0) is 14.8. The number of halogens is 2. The molecule has 1 aliphatic rings. The van der Waals surface area contributed by atoms with Gasteiger partial charge in [0.05, 0.1) is 0 Å². The monoisotopic (exact) mass is 348 g/mol. The number of carbonyl (C=O) groups is 1. The molecule has 0 unspecified atom stereocenters. The van der Waals surface area contributed by atoms with Crippen molar-refractivity contribution in [2.75, 3.05) is 0 Å². The predicted molar refractivity (Wildman–Crippen MR) is 81.2 cm³/mol. The van der Waals surface area contributed by atoms with Crippen LogP contribution in [0.4, 0.5) is 4.39 Å². The molecule has 1 saturated carbocycles. The highest BCUT2D eigenvalue weighted by Gasteiger charge is 2.33. The second-order valence-corrected chi connectivity index (χ2v) is 6.10. The fourth-order valence-corrected chi connectivity index (χ4v) is 2.75. The van der Waals surface area contributed by atoms with Crippen molar-refractivity contribution in [1.82, 2.24) is 9.88 Å². The van der Waals surface area contributed by atoms with E-state index in [1.807, 2.05) is 12.1 Å². The van der Waals surface area contributed by atoms with Crippen molar-refractivity contribution in [1.29, 1.82) is 0 Å². The number of benzene rings is 1. The van der Waals surface area contributed by atoms with E-state index in [2.05, 4.69) is 20.9 Å². The second kappa shape index (κ2) is 5.93. The largest absolute Gasteiger partial charge is 0.331 e. The fourth-order valence-electron chi connectivity index (χ4n) is 2.28. The van der Waals surface area contributed by atoms with E-state index in [1.165, 1.54) is 12.1 Å². The van der Waals surface area contributed by atoms with Crippen LogP contribution in [0, 0.1) is 5.82 Å². The first-order valence-corrected chi connectivity index (χ1v) is 7.59. The molecule has 1 aliphatic carbocycles. The smallest absolute Gasteiger partial charge is 0.254 e. The number of nitrogens with zero attached hydrogens (tertiary/aromatic N) is 2. The lowest BCUT2D eigenvalue weighted by Gasteiger charge is -2.22. The van der Waals surface area contributed by atoms with Crippen LogP contribution in [0.15, 0.2) is 47.2 Å². The molecule has 1 aromatic carbocycles. The Morgan fingerprint density at radius 2 is 2.19 bits per heavy atom. The van der Waals surface area contributed by atoms with E-state index in [9.17, 15) is 9.18 Å². The summed E-state index contributed by atoms with van der Waals surface area (Å²) in [6, 6.07) is 8.33. The predicted octanol–water partition coefficient (Wildman–Crippen LogP) is 3.79. The quantitative estimate of drug-likeness (QED) is 0.842. The zero-order valence-electron chi connectivity index (χ0n) is 11.3. The average molecular weight is 349 g/mol. The maximum Gasteiger partial charge on any atom is 0.254 e. The highest BCUT2D eigenvalue weighted by molar-refractivity contribution is 9.10. The van der Waals surface area contributed by atoms with Crippen LogP contribution in [-0.2, 0) is 6.54 Å². The van der Waals surface area contributed by atoms with Gasteiger partial charge < -0.3 is 4.90 Å². The molecule has 21 heavy (non-hydrogen) atoms. The molecule has 3 rings (SSSR count). The van der Waals surface area contributed by atoms with Gasteiger partial charge in [-0.05, 0) is 42.7 Å². The molecular formula is C16H14BrFN2O. The first kappa shape index (κ1) is 14.2. The van der Waals surface area contributed by atoms with Crippen LogP contribution in [0.5, 0.6) is 0 Å². The topological polar surface area (TPSA) is 33.2 Å². The molecule has 0 atom stereocenters. The molecule has 108 valence electrons. The number of hydrogen-bond acceptors (Lipinski definition) is 2. The van der Waals surface area contributed by atoms with Gasteiger partial charge in [0, 0.05) is 35.0 Å². The van der Waals surface area contributed by atoms with E-state index in [4.69, 9.17) is 0 Å². The Labute approximate surface area is 130 Å². The molecule has 2 aromatic rings. The van der Waals surface area contributed by atoms with Crippen LogP contribution >= 0.6 is 15.9 Å². The van der Waals surface area contributed by atoms with Crippen molar-refractivity contribution in [3.05, 3.63) is 64.1 Å². The number of amides is 1. The molecule has 1 amide bonds. The second-order valence-electron chi connectivity index (χ2n) is 5.18. The lowest BCUT2D eigenvalue weighted by atomic mass is 10.1. The molecule has 0 radical (unpaired) electrons. The summed E-state index contributed by atoms with van der Waals surface area (Å²) in [5, 5.41) is 0. The van der Waals surface area contributed by atoms with E-state index in [1.54, 1.807) is 23.4 Å². The Hall–Kier alpha value is -1.75. The molecule has 0 N–H and O–H groups in total. The van der Waals surface area contributed by atoms with Gasteiger partial charge in [-0.3, -0.25) is 9.78 Å². The zero-order valence-corrected chi connectivity index (χ0v) is 12.9. The maximum atomic E-state index is 13.5. The van der Waals surface area contributed by atoms with E-state index < -0.39 is 5.82 Å². The van der Waals surface area contributed by atoms with Gasteiger partial charge in [-0.2, -0.15) is 0 Å². The van der Waals surface area contributed by atoms with Crippen molar-refractivity contribution < 1.29 is 9.18 Å². The number of pyridine rings is 1. The lowest BCUT2D eigenvalue weighted by Crippen LogP contribution is -2.32. The van der Waals surface area contributed by atoms with Crippen LogP contribution in [0.1, 0.15) is 28.8 Å². The Morgan fingerprint density at radius 3 is 2.81 bits per heavy atom. The van der Waals surface area contributed by atoms with E-state index >= 15 is 0 Å². The van der Waals surface area contributed by atoms with Gasteiger partial charge >= 0.3 is 0 Å². The van der Waals surface area contributed by atoms with Gasteiger partial charge in [0.2, 0.25) is 0 Å². The van der Waals surface area contributed by atoms with Gasteiger partial charge in [0.25, 0.3) is 5.91 Å². The van der Waals surface area contributed by atoms with Gasteiger partial charge in [-0.1, -0.05) is 22.0 Å². The molecule has 0 bridgehead atoms. The van der Waals surface area contributed by atoms with Gasteiger partial charge in [-0.25, -0.2) is 4.39 Å². The van der Waals surface area contributed by atoms with Crippen molar-refractivity contribution in [3.63, 3.8) is 0 Å². The standard InChI is InChI=1S/C16H14BrFN2O/c17-13-6-12(7-14(18)8-13)16(21)20(15-3-4-15)10-11-2-1-5-19-9-11/h1-2,5-9,15H,3-4,10H2.